The van der Waals surface area contributed by atoms with E-state index in [9.17, 15) is 5.11 Å². The molecule has 39 heavy (non-hydrogen) atoms. The number of hydrogen-bond acceptors (Lipinski definition) is 7. The molecule has 2 aromatic heterocycles. The summed E-state index contributed by atoms with van der Waals surface area (Å²) in [6, 6.07) is 11.3. The molecule has 0 aliphatic carbocycles. The average Bonchev–Trinajstić information content (AvgIpc) is 3.22. The highest BCUT2D eigenvalue weighted by Crippen LogP contribution is 2.38. The Morgan fingerprint density at radius 3 is 2.41 bits per heavy atom. The molecule has 0 saturated carbocycles. The van der Waals surface area contributed by atoms with Crippen LogP contribution in [0, 0.1) is 0 Å². The average molecular weight is 536 g/mol. The van der Waals surface area contributed by atoms with Crippen LogP contribution in [0.25, 0.3) is 11.2 Å². The molecule has 0 amide bonds. The predicted molar refractivity (Wildman–Crippen MR) is 160 cm³/mol. The lowest BCUT2D eigenvalue weighted by Crippen LogP contribution is -2.52. The van der Waals surface area contributed by atoms with Crippen molar-refractivity contribution in [3.05, 3.63) is 53.5 Å². The topological polar surface area (TPSA) is 81.5 Å². The number of phenolic OH excluding ortho intramolecular Hbond substituents is 1. The number of phenols is 1. The molecule has 5 rings (SSSR count). The molecule has 2 aliphatic rings. The van der Waals surface area contributed by atoms with Gasteiger partial charge in [-0.05, 0) is 76.5 Å². The fourth-order valence-corrected chi connectivity index (χ4v) is 6.06. The van der Waals surface area contributed by atoms with Crippen molar-refractivity contribution < 1.29 is 5.11 Å². The summed E-state index contributed by atoms with van der Waals surface area (Å²) in [6.45, 7) is 11.8. The molecular formula is C31H49N7O. The third-order valence-corrected chi connectivity index (χ3v) is 8.41. The standard InChI is InChI=1S/C25H35N5O.C6H14N2/c1-5-6-10-23-27-22-15-19(17-26-24(22)29(23)4)18-30-13-11-25(12-14-30,28(2)3)20-8-7-9-21(31)16-20;1-5-3-7-4-6(2)8-5/h7-9,15-17,31H,5-6,10-14,18H2,1-4H3;5-8H,3-4H2,1-2H3. The van der Waals surface area contributed by atoms with E-state index in [4.69, 9.17) is 9.97 Å². The zero-order chi connectivity index (χ0) is 28.0. The molecule has 0 bridgehead atoms. The van der Waals surface area contributed by atoms with E-state index in [0.29, 0.717) is 17.8 Å². The zero-order valence-electron chi connectivity index (χ0n) is 24.9. The van der Waals surface area contributed by atoms with E-state index >= 15 is 0 Å². The van der Waals surface area contributed by atoms with Crippen molar-refractivity contribution in [3.63, 3.8) is 0 Å². The summed E-state index contributed by atoms with van der Waals surface area (Å²) in [5.41, 5.74) is 4.37. The third-order valence-electron chi connectivity index (χ3n) is 8.41. The smallest absolute Gasteiger partial charge is 0.159 e. The number of nitrogens with zero attached hydrogens (tertiary/aromatic N) is 5. The highest BCUT2D eigenvalue weighted by molar-refractivity contribution is 5.72. The van der Waals surface area contributed by atoms with Gasteiger partial charge in [-0.3, -0.25) is 9.80 Å². The van der Waals surface area contributed by atoms with Crippen LogP contribution in [0.3, 0.4) is 0 Å². The van der Waals surface area contributed by atoms with E-state index in [1.807, 2.05) is 18.3 Å². The van der Waals surface area contributed by atoms with E-state index in [1.165, 1.54) is 17.5 Å². The van der Waals surface area contributed by atoms with E-state index < -0.39 is 0 Å². The van der Waals surface area contributed by atoms with Crippen molar-refractivity contribution in [2.45, 2.75) is 77.0 Å². The van der Waals surface area contributed by atoms with Crippen LogP contribution in [0.15, 0.2) is 36.5 Å². The lowest BCUT2D eigenvalue weighted by atomic mass is 9.79. The van der Waals surface area contributed by atoms with Gasteiger partial charge in [-0.15, -0.1) is 0 Å². The van der Waals surface area contributed by atoms with Gasteiger partial charge in [-0.1, -0.05) is 25.5 Å². The van der Waals surface area contributed by atoms with Gasteiger partial charge in [0.1, 0.15) is 17.1 Å². The fraction of sp³-hybridized carbons (Fsp3) is 0.613. The summed E-state index contributed by atoms with van der Waals surface area (Å²) in [7, 11) is 6.36. The van der Waals surface area contributed by atoms with Crippen LogP contribution in [0.5, 0.6) is 5.75 Å². The minimum atomic E-state index is -0.0351. The van der Waals surface area contributed by atoms with Crippen LogP contribution in [-0.4, -0.2) is 81.8 Å². The molecular weight excluding hydrogens is 486 g/mol. The second-order valence-electron chi connectivity index (χ2n) is 11.8. The van der Waals surface area contributed by atoms with Crippen molar-refractivity contribution in [2.75, 3.05) is 40.3 Å². The number of pyridine rings is 1. The SMILES string of the molecule is CC1CNCC(C)N1.CCCCc1nc2cc(CN3CCC(c4cccc(O)c4)(N(C)C)CC3)cnc2n1C. The molecule has 8 heteroatoms. The number of unbranched alkanes of at least 4 members (excludes halogenated alkanes) is 1. The van der Waals surface area contributed by atoms with E-state index in [-0.39, 0.29) is 5.54 Å². The first kappa shape index (κ1) is 29.5. The third kappa shape index (κ3) is 7.17. The zero-order valence-corrected chi connectivity index (χ0v) is 24.9. The Balaban J connectivity index is 0.000000379. The summed E-state index contributed by atoms with van der Waals surface area (Å²) in [5.74, 6) is 1.47. The molecule has 1 aromatic carbocycles. The number of piperidine rings is 1. The summed E-state index contributed by atoms with van der Waals surface area (Å²) in [5, 5.41) is 16.7. The van der Waals surface area contributed by atoms with Crippen molar-refractivity contribution in [1.29, 1.82) is 0 Å². The van der Waals surface area contributed by atoms with Crippen molar-refractivity contribution in [3.8, 4) is 5.75 Å². The molecule has 2 atom stereocenters. The molecule has 3 N–H and O–H groups in total. The number of piperazine rings is 1. The first-order valence-electron chi connectivity index (χ1n) is 14.7. The van der Waals surface area contributed by atoms with Gasteiger partial charge in [0.25, 0.3) is 0 Å². The Kier molecular flexibility index (Phi) is 9.99. The van der Waals surface area contributed by atoms with Gasteiger partial charge >= 0.3 is 0 Å². The number of imidazole rings is 1. The van der Waals surface area contributed by atoms with Gasteiger partial charge in [-0.25, -0.2) is 9.97 Å². The molecule has 4 heterocycles. The molecule has 2 saturated heterocycles. The van der Waals surface area contributed by atoms with Gasteiger partial charge in [0.2, 0.25) is 0 Å². The summed E-state index contributed by atoms with van der Waals surface area (Å²) in [4.78, 5) is 14.4. The summed E-state index contributed by atoms with van der Waals surface area (Å²) < 4.78 is 2.14. The highest BCUT2D eigenvalue weighted by atomic mass is 16.3. The normalized spacial score (nSPS) is 21.6. The summed E-state index contributed by atoms with van der Waals surface area (Å²) in [6.07, 6.45) is 7.41. The highest BCUT2D eigenvalue weighted by Gasteiger charge is 2.38. The van der Waals surface area contributed by atoms with Crippen molar-refractivity contribution in [1.82, 2.24) is 35.0 Å². The maximum Gasteiger partial charge on any atom is 0.159 e. The molecule has 2 aliphatic heterocycles. The van der Waals surface area contributed by atoms with Gasteiger partial charge in [0.15, 0.2) is 5.65 Å². The second-order valence-corrected chi connectivity index (χ2v) is 11.8. The number of fused-ring (bicyclic) bond motifs is 1. The Morgan fingerprint density at radius 2 is 1.82 bits per heavy atom. The van der Waals surface area contributed by atoms with Crippen molar-refractivity contribution in [2.24, 2.45) is 7.05 Å². The number of rotatable bonds is 7. The van der Waals surface area contributed by atoms with Gasteiger partial charge in [-0.2, -0.15) is 0 Å². The Hall–Kier alpha value is -2.52. The molecule has 3 aromatic rings. The molecule has 2 fully saturated rings. The number of nitrogens with one attached hydrogen (secondary N) is 2. The predicted octanol–water partition coefficient (Wildman–Crippen LogP) is 4.03. The Labute approximate surface area is 234 Å². The van der Waals surface area contributed by atoms with Crippen LogP contribution in [0.1, 0.15) is 63.4 Å². The van der Waals surface area contributed by atoms with Gasteiger partial charge in [0.05, 0.1) is 0 Å². The van der Waals surface area contributed by atoms with E-state index in [0.717, 1.165) is 75.4 Å². The number of likely N-dealkylation sites (tertiary alicyclic amines) is 1. The van der Waals surface area contributed by atoms with E-state index in [1.54, 1.807) is 6.07 Å². The largest absolute Gasteiger partial charge is 0.508 e. The lowest BCUT2D eigenvalue weighted by Gasteiger charge is -2.46. The van der Waals surface area contributed by atoms with Crippen LogP contribution in [0.4, 0.5) is 0 Å². The minimum absolute atomic E-state index is 0.0351. The van der Waals surface area contributed by atoms with Crippen molar-refractivity contribution >= 4 is 11.2 Å². The van der Waals surface area contributed by atoms with Crippen LogP contribution in [0.2, 0.25) is 0 Å². The summed E-state index contributed by atoms with van der Waals surface area (Å²) >= 11 is 0. The molecule has 214 valence electrons. The molecule has 0 spiro atoms. The first-order valence-corrected chi connectivity index (χ1v) is 14.7. The number of hydrogen-bond donors (Lipinski definition) is 3. The fourth-order valence-electron chi connectivity index (χ4n) is 6.06. The second kappa shape index (κ2) is 13.2. The van der Waals surface area contributed by atoms with E-state index in [2.05, 4.69) is 79.0 Å². The first-order chi connectivity index (χ1) is 18.7. The maximum atomic E-state index is 10.00. The van der Waals surface area contributed by atoms with Gasteiger partial charge in [0, 0.05) is 70.0 Å². The number of benzene rings is 1. The van der Waals surface area contributed by atoms with Crippen LogP contribution >= 0.6 is 0 Å². The Morgan fingerprint density at radius 1 is 1.10 bits per heavy atom. The maximum absolute atomic E-state index is 10.00. The van der Waals surface area contributed by atoms with Crippen LogP contribution < -0.4 is 10.6 Å². The Bertz CT molecular complexity index is 1190. The number of aromatic nitrogens is 3. The number of aromatic hydroxyl groups is 1. The molecule has 8 nitrogen and oxygen atoms in total. The number of aryl methyl sites for hydroxylation is 2. The van der Waals surface area contributed by atoms with Gasteiger partial charge < -0.3 is 20.3 Å². The minimum Gasteiger partial charge on any atom is -0.508 e. The lowest BCUT2D eigenvalue weighted by molar-refractivity contribution is 0.0505. The van der Waals surface area contributed by atoms with Crippen LogP contribution in [-0.2, 0) is 25.6 Å². The monoisotopic (exact) mass is 535 g/mol. The quantitative estimate of drug-likeness (QED) is 0.422. The molecule has 2 unspecified atom stereocenters. The molecule has 0 radical (unpaired) electrons.